The second-order valence-electron chi connectivity index (χ2n) is 18.8. The van der Waals surface area contributed by atoms with Crippen molar-refractivity contribution in [3.63, 3.8) is 0 Å². The maximum atomic E-state index is 13.7. The summed E-state index contributed by atoms with van der Waals surface area (Å²) in [5.41, 5.74) is 4.97. The fourth-order valence-electron chi connectivity index (χ4n) is 8.01. The molecule has 0 amide bonds. The number of alkyl halides is 4. The van der Waals surface area contributed by atoms with Gasteiger partial charge in [-0.25, -0.2) is 37.5 Å². The van der Waals surface area contributed by atoms with Crippen molar-refractivity contribution < 1.29 is 45.8 Å². The molecule has 4 aromatic heterocycles. The average molecular weight is 1030 g/mol. The van der Waals surface area contributed by atoms with Crippen LogP contribution in [0.25, 0.3) is 11.3 Å². The third kappa shape index (κ3) is 13.6. The summed E-state index contributed by atoms with van der Waals surface area (Å²) < 4.78 is 87.7. The molecule has 9 heterocycles. The molecule has 5 saturated heterocycles. The molecule has 0 radical (unpaired) electrons. The largest absolute Gasteiger partial charge is 0.496 e. The smallest absolute Gasteiger partial charge is 0.399 e. The Morgan fingerprint density at radius 1 is 0.694 bits per heavy atom. The van der Waals surface area contributed by atoms with Crippen LogP contribution in [0.2, 0.25) is 5.28 Å². The Morgan fingerprint density at radius 2 is 1.24 bits per heavy atom. The van der Waals surface area contributed by atoms with E-state index in [0.29, 0.717) is 102 Å². The monoisotopic (exact) mass is 1030 g/mol. The number of nitrogen functional groups attached to an aromatic ring is 1. The van der Waals surface area contributed by atoms with Gasteiger partial charge in [-0.15, -0.1) is 0 Å². The molecule has 5 fully saturated rings. The summed E-state index contributed by atoms with van der Waals surface area (Å²) in [4.78, 5) is 44.6. The molecule has 392 valence electrons. The van der Waals surface area contributed by atoms with Gasteiger partial charge in [0.1, 0.15) is 11.6 Å². The molecule has 20 nitrogen and oxygen atoms in total. The van der Waals surface area contributed by atoms with Gasteiger partial charge in [-0.1, -0.05) is 0 Å². The van der Waals surface area contributed by atoms with Gasteiger partial charge < -0.3 is 58.5 Å². The quantitative estimate of drug-likeness (QED) is 0.0934. The minimum atomic E-state index is -2.69. The van der Waals surface area contributed by atoms with Crippen LogP contribution in [0.1, 0.15) is 65.5 Å². The van der Waals surface area contributed by atoms with Gasteiger partial charge in [-0.05, 0) is 65.3 Å². The summed E-state index contributed by atoms with van der Waals surface area (Å²) >= 11 is 6.06. The number of morpholine rings is 4. The van der Waals surface area contributed by atoms with Crippen molar-refractivity contribution >= 4 is 65.8 Å². The third-order valence-electron chi connectivity index (χ3n) is 12.7. The Labute approximate surface area is 422 Å². The minimum Gasteiger partial charge on any atom is -0.399 e. The van der Waals surface area contributed by atoms with E-state index in [0.717, 1.165) is 19.6 Å². The molecule has 5 aliphatic rings. The Bertz CT molecular complexity index is 2440. The van der Waals surface area contributed by atoms with Crippen molar-refractivity contribution in [2.24, 2.45) is 4.99 Å². The standard InChI is InChI=1S/C19H24F2N6O2.C15H22BF2N3O2.C12H18ClN5O2/c1-12-11-29-7-4-27(12)19-24-15(9-17(25-19)26-2-5-28-6-3-26)14-10-23-16(22)8-13(14)18(20)21;1-14(2)15(3,4)23-16(22-14)11-8-19-12(20-9-21(5)6)7-10(11)13(17)18;1-9-8-20-7-4-18(9)12-15-10(13)14-11(16-12)17-2-5-19-6-3-17/h8-10,12,18H,2-7,11H2,1H3,(H2,22,23);7-9,13H,1-6H3;9H,2-8H2,1H3/t12-;;9-/m0.0/s1. The molecule has 26 heteroatoms. The van der Waals surface area contributed by atoms with Gasteiger partial charge in [0.2, 0.25) is 23.1 Å². The number of hydrogen-bond acceptors (Lipinski definition) is 19. The van der Waals surface area contributed by atoms with E-state index in [-0.39, 0.29) is 51.2 Å². The molecule has 5 aliphatic heterocycles. The zero-order valence-electron chi connectivity index (χ0n) is 42.0. The van der Waals surface area contributed by atoms with E-state index in [1.807, 2.05) is 39.5 Å². The summed E-state index contributed by atoms with van der Waals surface area (Å²) in [7, 11) is 2.70. The molecule has 0 aliphatic carbocycles. The molecule has 0 bridgehead atoms. The van der Waals surface area contributed by atoms with Crippen LogP contribution in [-0.4, -0.2) is 183 Å². The Morgan fingerprint density at radius 3 is 1.79 bits per heavy atom. The van der Waals surface area contributed by atoms with Gasteiger partial charge in [0.05, 0.1) is 88.2 Å². The molecule has 0 unspecified atom stereocenters. The number of halogens is 5. The highest BCUT2D eigenvalue weighted by molar-refractivity contribution is 6.62. The van der Waals surface area contributed by atoms with Gasteiger partial charge in [0.25, 0.3) is 12.9 Å². The number of aliphatic imine (C=N–C) groups is 1. The normalized spacial score (nSPS) is 21.2. The van der Waals surface area contributed by atoms with Crippen molar-refractivity contribution in [3.05, 3.63) is 47.0 Å². The third-order valence-corrected chi connectivity index (χ3v) is 12.9. The number of nitrogens with zero attached hydrogens (tertiary/aromatic N) is 13. The molecule has 2 atom stereocenters. The minimum absolute atomic E-state index is 0.0496. The van der Waals surface area contributed by atoms with E-state index in [1.54, 1.807) is 25.1 Å². The molecule has 72 heavy (non-hydrogen) atoms. The fraction of sp³-hybridized carbons (Fsp3) is 0.609. The Balaban J connectivity index is 0.000000162. The number of hydrogen-bond donors (Lipinski definition) is 1. The molecule has 0 aromatic carbocycles. The summed E-state index contributed by atoms with van der Waals surface area (Å²) in [6.45, 7) is 21.0. The lowest BCUT2D eigenvalue weighted by atomic mass is 9.77. The highest BCUT2D eigenvalue weighted by Gasteiger charge is 2.52. The van der Waals surface area contributed by atoms with Crippen LogP contribution >= 0.6 is 11.6 Å². The van der Waals surface area contributed by atoms with Crippen molar-refractivity contribution in [1.82, 2.24) is 39.8 Å². The molecular formula is C46H64BClF4N14O6. The first-order valence-electron chi connectivity index (χ1n) is 23.8. The molecule has 0 spiro atoms. The summed E-state index contributed by atoms with van der Waals surface area (Å²) in [5.74, 6) is 2.70. The van der Waals surface area contributed by atoms with Crippen LogP contribution < -0.4 is 30.8 Å². The zero-order chi connectivity index (χ0) is 51.7. The second-order valence-corrected chi connectivity index (χ2v) is 19.2. The first-order valence-corrected chi connectivity index (χ1v) is 24.2. The van der Waals surface area contributed by atoms with Crippen LogP contribution in [0.4, 0.5) is 52.9 Å². The lowest BCUT2D eigenvalue weighted by molar-refractivity contribution is 0.00578. The van der Waals surface area contributed by atoms with Gasteiger partial charge >= 0.3 is 7.12 Å². The molecule has 4 aromatic rings. The summed E-state index contributed by atoms with van der Waals surface area (Å²) in [6, 6.07) is 4.52. The molecule has 9 rings (SSSR count). The first-order chi connectivity index (χ1) is 34.3. The topological polar surface area (TPSA) is 200 Å². The highest BCUT2D eigenvalue weighted by atomic mass is 35.5. The lowest BCUT2D eigenvalue weighted by Gasteiger charge is -2.35. The van der Waals surface area contributed by atoms with E-state index in [4.69, 9.17) is 50.6 Å². The van der Waals surface area contributed by atoms with Crippen LogP contribution in [0.15, 0.2) is 35.6 Å². The molecule has 2 N–H and O–H groups in total. The lowest BCUT2D eigenvalue weighted by Crippen LogP contribution is -2.45. The van der Waals surface area contributed by atoms with Crippen molar-refractivity contribution in [2.75, 3.05) is 132 Å². The van der Waals surface area contributed by atoms with Gasteiger partial charge in [-0.3, -0.25) is 0 Å². The second kappa shape index (κ2) is 24.2. The number of aromatic nitrogens is 7. The predicted octanol–water partition coefficient (Wildman–Crippen LogP) is 5.25. The van der Waals surface area contributed by atoms with Crippen LogP contribution in [0, 0.1) is 0 Å². The summed E-state index contributed by atoms with van der Waals surface area (Å²) in [6.07, 6.45) is -1.14. The van der Waals surface area contributed by atoms with Crippen LogP contribution in [0.3, 0.4) is 0 Å². The van der Waals surface area contributed by atoms with E-state index in [1.165, 1.54) is 30.9 Å². The van der Waals surface area contributed by atoms with E-state index in [2.05, 4.69) is 56.5 Å². The van der Waals surface area contributed by atoms with Gasteiger partial charge in [0, 0.05) is 94.0 Å². The van der Waals surface area contributed by atoms with E-state index < -0.39 is 31.2 Å². The highest BCUT2D eigenvalue weighted by Crippen LogP contribution is 2.38. The SMILES string of the molecule is CN(C)C=Nc1cc(C(F)F)c(B2OC(C)(C)C(C)(C)O2)cn1.C[C@H]1COCCN1c1nc(-c2cnc(N)cc2C(F)F)cc(N2CCOCC2)n1.C[C@H]1COCCN1c1nc(Cl)nc(N2CCOCC2)n1. The van der Waals surface area contributed by atoms with Crippen LogP contribution in [0.5, 0.6) is 0 Å². The number of nitrogens with two attached hydrogens (primary N) is 1. The van der Waals surface area contributed by atoms with E-state index >= 15 is 0 Å². The van der Waals surface area contributed by atoms with E-state index in [9.17, 15) is 17.6 Å². The zero-order valence-corrected chi connectivity index (χ0v) is 42.7. The Hall–Kier alpha value is -5.31. The maximum absolute atomic E-state index is 13.7. The van der Waals surface area contributed by atoms with Crippen molar-refractivity contribution in [3.8, 4) is 11.3 Å². The number of rotatable bonds is 10. The number of ether oxygens (including phenoxy) is 4. The van der Waals surface area contributed by atoms with Gasteiger partial charge in [0.15, 0.2) is 5.82 Å². The van der Waals surface area contributed by atoms with Crippen molar-refractivity contribution in [2.45, 2.75) is 77.7 Å². The molecule has 0 saturated carbocycles. The van der Waals surface area contributed by atoms with Crippen LogP contribution in [-0.2, 0) is 28.3 Å². The average Bonchev–Trinajstić information content (AvgIpc) is 3.59. The number of pyridine rings is 2. The predicted molar refractivity (Wildman–Crippen MR) is 268 cm³/mol. The summed E-state index contributed by atoms with van der Waals surface area (Å²) in [5, 5.41) is 0.232. The maximum Gasteiger partial charge on any atom is 0.496 e. The molecular weight excluding hydrogens is 967 g/mol. The fourth-order valence-corrected chi connectivity index (χ4v) is 8.16. The van der Waals surface area contributed by atoms with Crippen molar-refractivity contribution in [1.29, 1.82) is 0 Å². The van der Waals surface area contributed by atoms with Gasteiger partial charge in [-0.2, -0.15) is 19.9 Å². The number of anilines is 5. The first kappa shape index (κ1) is 54.5. The Kier molecular flexibility index (Phi) is 18.3.